The lowest BCUT2D eigenvalue weighted by Crippen LogP contribution is -2.10. The van der Waals surface area contributed by atoms with Crippen LogP contribution in [0, 0.1) is 0 Å². The molecule has 3 rings (SSSR count). The maximum Gasteiger partial charge on any atom is 0.0164 e. The van der Waals surface area contributed by atoms with Crippen LogP contribution in [0.2, 0.25) is 0 Å². The van der Waals surface area contributed by atoms with Crippen molar-refractivity contribution in [1.29, 1.82) is 0 Å². The van der Waals surface area contributed by atoms with Crippen molar-refractivity contribution < 1.29 is 0 Å². The van der Waals surface area contributed by atoms with Gasteiger partial charge in [-0.1, -0.05) is 56.7 Å². The second kappa shape index (κ2) is 4.35. The number of allylic oxidation sites excluding steroid dienone is 1. The van der Waals surface area contributed by atoms with Gasteiger partial charge < -0.3 is 0 Å². The summed E-state index contributed by atoms with van der Waals surface area (Å²) in [7, 11) is 0. The Balaban J connectivity index is 2.00. The Morgan fingerprint density at radius 2 is 1.74 bits per heavy atom. The largest absolute Gasteiger partial charge is 0.147 e. The average molecular weight is 268 g/mol. The monoisotopic (exact) mass is 268 g/mol. The lowest BCUT2D eigenvalue weighted by molar-refractivity contribution is 0.590. The van der Waals surface area contributed by atoms with Crippen molar-refractivity contribution in [2.45, 2.75) is 39.5 Å². The van der Waals surface area contributed by atoms with E-state index in [1.165, 1.54) is 32.7 Å². The van der Waals surface area contributed by atoms with Gasteiger partial charge in [-0.3, -0.25) is 0 Å². The fourth-order valence-corrected chi connectivity index (χ4v) is 3.76. The van der Waals surface area contributed by atoms with Crippen LogP contribution in [0.15, 0.2) is 35.2 Å². The fraction of sp³-hybridized carbons (Fsp3) is 0.333. The minimum absolute atomic E-state index is 0.228. The number of hydrogen-bond acceptors (Lipinski definition) is 1. The van der Waals surface area contributed by atoms with Gasteiger partial charge in [0, 0.05) is 11.3 Å². The molecule has 0 N–H and O–H groups in total. The van der Waals surface area contributed by atoms with Crippen LogP contribution >= 0.6 is 11.3 Å². The summed E-state index contributed by atoms with van der Waals surface area (Å²) in [5, 5.41) is 2.31. The summed E-state index contributed by atoms with van der Waals surface area (Å²) in [4.78, 5) is 1.52. The highest BCUT2D eigenvalue weighted by atomic mass is 32.1. The number of thiophene rings is 1. The van der Waals surface area contributed by atoms with Crippen molar-refractivity contribution >= 4 is 17.4 Å². The highest BCUT2D eigenvalue weighted by Crippen LogP contribution is 2.39. The van der Waals surface area contributed by atoms with Crippen molar-refractivity contribution in [3.8, 4) is 11.1 Å². The predicted molar refractivity (Wildman–Crippen MR) is 85.8 cm³/mol. The Kier molecular flexibility index (Phi) is 2.90. The van der Waals surface area contributed by atoms with E-state index in [1.54, 1.807) is 0 Å². The van der Waals surface area contributed by atoms with E-state index in [0.29, 0.717) is 0 Å². The van der Waals surface area contributed by atoms with Gasteiger partial charge in [-0.05, 0) is 40.0 Å². The summed E-state index contributed by atoms with van der Waals surface area (Å²) in [5.41, 5.74) is 7.30. The highest BCUT2D eigenvalue weighted by Gasteiger charge is 2.18. The molecule has 98 valence electrons. The van der Waals surface area contributed by atoms with Crippen LogP contribution in [-0.4, -0.2) is 0 Å². The zero-order valence-corrected chi connectivity index (χ0v) is 12.9. The molecule has 0 aliphatic heterocycles. The van der Waals surface area contributed by atoms with Crippen LogP contribution in [0.4, 0.5) is 0 Å². The SMILES string of the molecule is CC1=Cc2c(-c3ccc(C(C)(C)C)cc3)csc2C1. The van der Waals surface area contributed by atoms with Crippen LogP contribution in [0.5, 0.6) is 0 Å². The third-order valence-corrected chi connectivity index (χ3v) is 4.80. The normalized spacial score (nSPS) is 14.4. The Bertz CT molecular complexity index is 633. The van der Waals surface area contributed by atoms with Crippen LogP contribution < -0.4 is 0 Å². The van der Waals surface area contributed by atoms with Crippen LogP contribution in [0.3, 0.4) is 0 Å². The smallest absolute Gasteiger partial charge is 0.0164 e. The van der Waals surface area contributed by atoms with Crippen LogP contribution in [0.1, 0.15) is 43.7 Å². The molecule has 0 saturated carbocycles. The molecule has 0 atom stereocenters. The zero-order chi connectivity index (χ0) is 13.6. The quantitative estimate of drug-likeness (QED) is 0.625. The van der Waals surface area contributed by atoms with E-state index in [4.69, 9.17) is 0 Å². The molecule has 0 saturated heterocycles. The predicted octanol–water partition coefficient (Wildman–Crippen LogP) is 5.67. The van der Waals surface area contributed by atoms with Gasteiger partial charge in [0.1, 0.15) is 0 Å². The minimum Gasteiger partial charge on any atom is -0.147 e. The summed E-state index contributed by atoms with van der Waals surface area (Å²) >= 11 is 1.89. The number of rotatable bonds is 1. The van der Waals surface area contributed by atoms with Crippen molar-refractivity contribution in [3.63, 3.8) is 0 Å². The zero-order valence-electron chi connectivity index (χ0n) is 12.1. The van der Waals surface area contributed by atoms with E-state index in [9.17, 15) is 0 Å². The number of hydrogen-bond donors (Lipinski definition) is 0. The van der Waals surface area contributed by atoms with E-state index in [1.807, 2.05) is 11.3 Å². The van der Waals surface area contributed by atoms with Gasteiger partial charge in [0.25, 0.3) is 0 Å². The van der Waals surface area contributed by atoms with Crippen molar-refractivity contribution in [1.82, 2.24) is 0 Å². The molecule has 2 aromatic rings. The molecule has 0 amide bonds. The molecule has 0 fully saturated rings. The van der Waals surface area contributed by atoms with Crippen molar-refractivity contribution in [2.75, 3.05) is 0 Å². The van der Waals surface area contributed by atoms with Crippen molar-refractivity contribution in [3.05, 3.63) is 51.2 Å². The maximum atomic E-state index is 2.35. The summed E-state index contributed by atoms with van der Waals surface area (Å²) in [6.45, 7) is 9.00. The Morgan fingerprint density at radius 1 is 1.05 bits per heavy atom. The lowest BCUT2D eigenvalue weighted by Gasteiger charge is -2.19. The van der Waals surface area contributed by atoms with E-state index in [0.717, 1.165) is 6.42 Å². The molecular formula is C18H20S. The van der Waals surface area contributed by atoms with Gasteiger partial charge in [0.05, 0.1) is 0 Å². The van der Waals surface area contributed by atoms with Gasteiger partial charge in [-0.2, -0.15) is 0 Å². The van der Waals surface area contributed by atoms with Gasteiger partial charge in [-0.25, -0.2) is 0 Å². The molecule has 0 spiro atoms. The van der Waals surface area contributed by atoms with Gasteiger partial charge >= 0.3 is 0 Å². The molecule has 1 aliphatic rings. The van der Waals surface area contributed by atoms with Gasteiger partial charge in [0.15, 0.2) is 0 Å². The number of fused-ring (bicyclic) bond motifs is 1. The average Bonchev–Trinajstić information content (AvgIpc) is 2.86. The Morgan fingerprint density at radius 3 is 2.37 bits per heavy atom. The third-order valence-electron chi connectivity index (χ3n) is 3.80. The topological polar surface area (TPSA) is 0 Å². The van der Waals surface area contributed by atoms with E-state index >= 15 is 0 Å². The third kappa shape index (κ3) is 2.28. The second-order valence-electron chi connectivity index (χ2n) is 6.48. The molecule has 1 heteroatoms. The minimum atomic E-state index is 0.228. The summed E-state index contributed by atoms with van der Waals surface area (Å²) in [5.74, 6) is 0. The van der Waals surface area contributed by atoms with E-state index in [-0.39, 0.29) is 5.41 Å². The molecule has 1 aromatic carbocycles. The van der Waals surface area contributed by atoms with Gasteiger partial charge in [-0.15, -0.1) is 11.3 Å². The Hall–Kier alpha value is -1.34. The first-order valence-corrected chi connectivity index (χ1v) is 7.71. The molecule has 1 aliphatic carbocycles. The fourth-order valence-electron chi connectivity index (χ4n) is 2.63. The molecule has 0 nitrogen and oxygen atoms in total. The molecule has 0 bridgehead atoms. The van der Waals surface area contributed by atoms with E-state index in [2.05, 4.69) is 63.4 Å². The molecule has 19 heavy (non-hydrogen) atoms. The van der Waals surface area contributed by atoms with Gasteiger partial charge in [0.2, 0.25) is 0 Å². The molecule has 1 heterocycles. The summed E-state index contributed by atoms with van der Waals surface area (Å²) < 4.78 is 0. The first kappa shape index (κ1) is 12.7. The van der Waals surface area contributed by atoms with Crippen LogP contribution in [-0.2, 0) is 11.8 Å². The Labute approximate surface area is 119 Å². The number of benzene rings is 1. The first-order valence-electron chi connectivity index (χ1n) is 6.83. The standard InChI is InChI=1S/C18H20S/c1-12-9-15-16(11-19-17(15)10-12)13-5-7-14(8-6-13)18(2,3)4/h5-9,11H,10H2,1-4H3. The molecule has 1 aromatic heterocycles. The summed E-state index contributed by atoms with van der Waals surface area (Å²) in [6.07, 6.45) is 3.49. The highest BCUT2D eigenvalue weighted by molar-refractivity contribution is 7.10. The molecule has 0 radical (unpaired) electrons. The van der Waals surface area contributed by atoms with E-state index < -0.39 is 0 Å². The lowest BCUT2D eigenvalue weighted by atomic mass is 9.86. The van der Waals surface area contributed by atoms with Crippen LogP contribution in [0.25, 0.3) is 17.2 Å². The maximum absolute atomic E-state index is 2.35. The molecule has 0 unspecified atom stereocenters. The second-order valence-corrected chi connectivity index (χ2v) is 7.45. The first-order chi connectivity index (χ1) is 8.95. The summed E-state index contributed by atoms with van der Waals surface area (Å²) in [6, 6.07) is 9.07. The van der Waals surface area contributed by atoms with Crippen molar-refractivity contribution in [2.24, 2.45) is 0 Å². The molecular weight excluding hydrogens is 248 g/mol.